The van der Waals surface area contributed by atoms with E-state index in [1.54, 1.807) is 4.90 Å². The highest BCUT2D eigenvalue weighted by atomic mass is 16.5. The maximum Gasteiger partial charge on any atom is 0.243 e. The Morgan fingerprint density at radius 3 is 2.33 bits per heavy atom. The molecule has 1 N–H and O–H groups in total. The monoisotopic (exact) mass is 332 g/mol. The molecule has 1 aromatic rings. The van der Waals surface area contributed by atoms with Crippen LogP contribution in [0.4, 0.5) is 0 Å². The van der Waals surface area contributed by atoms with E-state index in [0.29, 0.717) is 13.2 Å². The highest BCUT2D eigenvalue weighted by molar-refractivity contribution is 5.88. The first-order valence-corrected chi connectivity index (χ1v) is 8.70. The molecule has 2 aliphatic rings. The summed E-state index contributed by atoms with van der Waals surface area (Å²) in [6, 6.07) is 7.31. The first kappa shape index (κ1) is 18.3. The van der Waals surface area contributed by atoms with Crippen LogP contribution in [0, 0.1) is 5.92 Å². The van der Waals surface area contributed by atoms with Crippen molar-refractivity contribution in [1.29, 1.82) is 0 Å². The lowest BCUT2D eigenvalue weighted by Gasteiger charge is -2.36. The Kier molecular flexibility index (Phi) is 6.23. The second kappa shape index (κ2) is 8.18. The van der Waals surface area contributed by atoms with Crippen molar-refractivity contribution < 1.29 is 14.3 Å². The highest BCUT2D eigenvalue weighted by Gasteiger charge is 2.33. The van der Waals surface area contributed by atoms with Crippen LogP contribution in [-0.2, 0) is 16.0 Å². The standard InChI is InChI=1S/C19H28N2O3/c1-13(2)18-19(23)20-11-9-15-5-7-16(8-6-15)24-12-10-17(22)21(18)14(3)4/h5-8,13-14,18H,9-12H2,1-4H3,(H,20,23). The van der Waals surface area contributed by atoms with Gasteiger partial charge in [0, 0.05) is 12.6 Å². The maximum absolute atomic E-state index is 12.7. The van der Waals surface area contributed by atoms with Crippen molar-refractivity contribution in [3.05, 3.63) is 29.8 Å². The molecule has 0 fully saturated rings. The number of fused-ring (bicyclic) bond motifs is 11. The van der Waals surface area contributed by atoms with Gasteiger partial charge in [0.2, 0.25) is 11.8 Å². The predicted molar refractivity (Wildman–Crippen MR) is 93.9 cm³/mol. The lowest BCUT2D eigenvalue weighted by Crippen LogP contribution is -2.55. The molecule has 5 nitrogen and oxygen atoms in total. The van der Waals surface area contributed by atoms with Gasteiger partial charge in [0.25, 0.3) is 0 Å². The van der Waals surface area contributed by atoms with Gasteiger partial charge in [-0.1, -0.05) is 26.0 Å². The maximum atomic E-state index is 12.7. The molecule has 2 bridgehead atoms. The number of nitrogens with zero attached hydrogens (tertiary/aromatic N) is 1. The van der Waals surface area contributed by atoms with E-state index in [-0.39, 0.29) is 30.2 Å². The number of amides is 2. The van der Waals surface area contributed by atoms with Crippen LogP contribution in [0.2, 0.25) is 0 Å². The van der Waals surface area contributed by atoms with Crippen LogP contribution in [0.15, 0.2) is 24.3 Å². The normalized spacial score (nSPS) is 20.1. The van der Waals surface area contributed by atoms with E-state index in [0.717, 1.165) is 17.7 Å². The summed E-state index contributed by atoms with van der Waals surface area (Å²) in [5, 5.41) is 3.00. The van der Waals surface area contributed by atoms with E-state index in [4.69, 9.17) is 4.74 Å². The molecule has 1 unspecified atom stereocenters. The molecular weight excluding hydrogens is 304 g/mol. The van der Waals surface area contributed by atoms with Crippen molar-refractivity contribution in [3.63, 3.8) is 0 Å². The van der Waals surface area contributed by atoms with Crippen molar-refractivity contribution >= 4 is 11.8 Å². The Morgan fingerprint density at radius 1 is 1.08 bits per heavy atom. The lowest BCUT2D eigenvalue weighted by molar-refractivity contribution is -0.144. The molecule has 0 aliphatic carbocycles. The second-order valence-corrected chi connectivity index (χ2v) is 6.87. The number of carbonyl (C=O) groups excluding carboxylic acids is 2. The summed E-state index contributed by atoms with van der Waals surface area (Å²) in [5.41, 5.74) is 1.15. The molecule has 0 aromatic heterocycles. The van der Waals surface area contributed by atoms with Gasteiger partial charge in [0.1, 0.15) is 11.8 Å². The average Bonchev–Trinajstić information content (AvgIpc) is 2.52. The molecular formula is C19H28N2O3. The molecule has 2 heterocycles. The number of benzene rings is 1. The van der Waals surface area contributed by atoms with Gasteiger partial charge in [-0.2, -0.15) is 0 Å². The largest absolute Gasteiger partial charge is 0.493 e. The quantitative estimate of drug-likeness (QED) is 0.905. The zero-order valence-corrected chi connectivity index (χ0v) is 15.0. The Morgan fingerprint density at radius 2 is 1.75 bits per heavy atom. The summed E-state index contributed by atoms with van der Waals surface area (Å²) < 4.78 is 5.68. The predicted octanol–water partition coefficient (Wildman–Crippen LogP) is 2.39. The van der Waals surface area contributed by atoms with Gasteiger partial charge in [-0.05, 0) is 43.9 Å². The van der Waals surface area contributed by atoms with Crippen molar-refractivity contribution in [2.75, 3.05) is 13.2 Å². The third-order valence-electron chi connectivity index (χ3n) is 4.27. The molecule has 0 saturated carbocycles. The fourth-order valence-corrected chi connectivity index (χ4v) is 3.09. The Hall–Kier alpha value is -2.04. The number of carbonyl (C=O) groups is 2. The number of hydrogen-bond donors (Lipinski definition) is 1. The van der Waals surface area contributed by atoms with Gasteiger partial charge in [0.05, 0.1) is 13.0 Å². The van der Waals surface area contributed by atoms with Crippen LogP contribution in [-0.4, -0.2) is 41.9 Å². The van der Waals surface area contributed by atoms with Crippen molar-refractivity contribution in [2.45, 2.75) is 52.6 Å². The summed E-state index contributed by atoms with van der Waals surface area (Å²) in [6.07, 6.45) is 1.02. The number of hydrogen-bond acceptors (Lipinski definition) is 3. The number of rotatable bonds is 2. The van der Waals surface area contributed by atoms with Gasteiger partial charge >= 0.3 is 0 Å². The van der Waals surface area contributed by atoms with Gasteiger partial charge < -0.3 is 15.0 Å². The summed E-state index contributed by atoms with van der Waals surface area (Å²) >= 11 is 0. The topological polar surface area (TPSA) is 58.6 Å². The van der Waals surface area contributed by atoms with E-state index < -0.39 is 6.04 Å². The number of ether oxygens (including phenoxy) is 1. The molecule has 2 amide bonds. The lowest BCUT2D eigenvalue weighted by atomic mass is 9.99. The summed E-state index contributed by atoms with van der Waals surface area (Å²) in [4.78, 5) is 27.1. The molecule has 0 saturated heterocycles. The Labute approximate surface area is 144 Å². The minimum absolute atomic E-state index is 0.0400. The average molecular weight is 332 g/mol. The molecule has 1 aromatic carbocycles. The van der Waals surface area contributed by atoms with E-state index in [1.807, 2.05) is 52.0 Å². The van der Waals surface area contributed by atoms with Crippen LogP contribution >= 0.6 is 0 Å². The fourth-order valence-electron chi connectivity index (χ4n) is 3.09. The van der Waals surface area contributed by atoms with Crippen molar-refractivity contribution in [1.82, 2.24) is 10.2 Å². The van der Waals surface area contributed by atoms with Crippen LogP contribution in [0.5, 0.6) is 5.75 Å². The van der Waals surface area contributed by atoms with Gasteiger partial charge in [-0.15, -0.1) is 0 Å². The minimum atomic E-state index is -0.457. The third-order valence-corrected chi connectivity index (χ3v) is 4.27. The molecule has 1 atom stereocenters. The van der Waals surface area contributed by atoms with Crippen LogP contribution in [0.1, 0.15) is 39.7 Å². The van der Waals surface area contributed by atoms with E-state index in [9.17, 15) is 9.59 Å². The van der Waals surface area contributed by atoms with Gasteiger partial charge in [0.15, 0.2) is 0 Å². The van der Waals surface area contributed by atoms with Gasteiger partial charge in [-0.25, -0.2) is 0 Å². The van der Waals surface area contributed by atoms with E-state index >= 15 is 0 Å². The molecule has 24 heavy (non-hydrogen) atoms. The van der Waals surface area contributed by atoms with Crippen molar-refractivity contribution in [2.24, 2.45) is 5.92 Å². The van der Waals surface area contributed by atoms with E-state index in [1.165, 1.54) is 0 Å². The zero-order valence-electron chi connectivity index (χ0n) is 15.0. The molecule has 132 valence electrons. The molecule has 2 aliphatic heterocycles. The Bertz CT molecular complexity index is 515. The first-order chi connectivity index (χ1) is 11.4. The molecule has 5 heteroatoms. The second-order valence-electron chi connectivity index (χ2n) is 6.87. The van der Waals surface area contributed by atoms with Gasteiger partial charge in [-0.3, -0.25) is 9.59 Å². The first-order valence-electron chi connectivity index (χ1n) is 8.70. The summed E-state index contributed by atoms with van der Waals surface area (Å²) in [5.74, 6) is 0.682. The van der Waals surface area contributed by atoms with Crippen LogP contribution in [0.25, 0.3) is 0 Å². The molecule has 0 radical (unpaired) electrons. The zero-order chi connectivity index (χ0) is 17.7. The summed E-state index contributed by atoms with van der Waals surface area (Å²) in [7, 11) is 0. The molecule has 3 rings (SSSR count). The SMILES string of the molecule is CC(C)C1C(=O)NCCc2ccc(cc2)OCCC(=O)N1C(C)C. The number of nitrogens with one attached hydrogen (secondary N) is 1. The minimum Gasteiger partial charge on any atom is -0.493 e. The fraction of sp³-hybridized carbons (Fsp3) is 0.579. The summed E-state index contributed by atoms with van der Waals surface area (Å²) in [6.45, 7) is 8.72. The molecule has 0 spiro atoms. The van der Waals surface area contributed by atoms with Crippen LogP contribution < -0.4 is 10.1 Å². The Balaban J connectivity index is 2.26. The van der Waals surface area contributed by atoms with Crippen molar-refractivity contribution in [3.8, 4) is 5.75 Å². The van der Waals surface area contributed by atoms with E-state index in [2.05, 4.69) is 5.32 Å². The van der Waals surface area contributed by atoms with Crippen LogP contribution in [0.3, 0.4) is 0 Å². The third kappa shape index (κ3) is 4.49. The smallest absolute Gasteiger partial charge is 0.243 e. The highest BCUT2D eigenvalue weighted by Crippen LogP contribution is 2.18.